The molecule has 1 N–H and O–H groups in total. The molecule has 0 fully saturated rings. The van der Waals surface area contributed by atoms with Crippen LogP contribution in [0.4, 0.5) is 0 Å². The monoisotopic (exact) mass is 276 g/mol. The van der Waals surface area contributed by atoms with Crippen molar-refractivity contribution in [1.82, 2.24) is 0 Å². The van der Waals surface area contributed by atoms with Crippen molar-refractivity contribution in [2.24, 2.45) is 0 Å². The van der Waals surface area contributed by atoms with Crippen molar-refractivity contribution in [1.29, 1.82) is 0 Å². The summed E-state index contributed by atoms with van der Waals surface area (Å²) in [5, 5.41) is 11.1. The molecule has 19 heavy (non-hydrogen) atoms. The summed E-state index contributed by atoms with van der Waals surface area (Å²) in [4.78, 5) is 11.4. The average molecular weight is 277 g/mol. The van der Waals surface area contributed by atoms with Gasteiger partial charge in [0.15, 0.2) is 11.9 Å². The van der Waals surface area contributed by atoms with Crippen LogP contribution >= 0.6 is 11.6 Å². The predicted molar refractivity (Wildman–Crippen MR) is 73.5 cm³/mol. The highest BCUT2D eigenvalue weighted by Crippen LogP contribution is 2.29. The Labute approximate surface area is 116 Å². The summed E-state index contributed by atoms with van der Waals surface area (Å²) in [6.07, 6.45) is 0.512. The number of halogens is 1. The van der Waals surface area contributed by atoms with Gasteiger partial charge in [0, 0.05) is 5.02 Å². The summed E-state index contributed by atoms with van der Waals surface area (Å²) < 4.78 is 5.05. The molecule has 3 nitrogen and oxygen atoms in total. The second-order valence-electron chi connectivity index (χ2n) is 4.12. The van der Waals surface area contributed by atoms with Crippen molar-refractivity contribution in [3.63, 3.8) is 0 Å². The quantitative estimate of drug-likeness (QED) is 0.874. The van der Waals surface area contributed by atoms with Crippen LogP contribution in [0.2, 0.25) is 5.02 Å². The molecule has 0 radical (unpaired) electrons. The molecule has 2 aromatic rings. The lowest BCUT2D eigenvalue weighted by Gasteiger charge is -2.23. The van der Waals surface area contributed by atoms with Crippen LogP contribution in [0.3, 0.4) is 0 Å². The minimum Gasteiger partial charge on any atom is -0.497 e. The van der Waals surface area contributed by atoms with E-state index in [-0.39, 0.29) is 0 Å². The van der Waals surface area contributed by atoms with Crippen molar-refractivity contribution in [2.75, 3.05) is 7.11 Å². The Morgan fingerprint density at radius 3 is 1.95 bits per heavy atom. The molecule has 98 valence electrons. The van der Waals surface area contributed by atoms with Crippen molar-refractivity contribution in [2.45, 2.75) is 5.60 Å². The molecule has 0 aliphatic rings. The lowest BCUT2D eigenvalue weighted by molar-refractivity contribution is -0.121. The molecule has 2 aromatic carbocycles. The molecule has 0 spiro atoms. The van der Waals surface area contributed by atoms with Crippen LogP contribution in [-0.2, 0) is 10.4 Å². The molecular weight excluding hydrogens is 264 g/mol. The molecule has 1 unspecified atom stereocenters. The standard InChI is InChI=1S/C15H13ClO3/c1-19-14-8-4-12(5-9-14)15(18,10-17)11-2-6-13(16)7-3-11/h2-10,18H,1H3. The maximum atomic E-state index is 11.4. The molecule has 0 amide bonds. The number of carbonyl (C=O) groups is 1. The van der Waals surface area contributed by atoms with Gasteiger partial charge in [0.2, 0.25) is 0 Å². The van der Waals surface area contributed by atoms with Gasteiger partial charge in [0.05, 0.1) is 7.11 Å². The van der Waals surface area contributed by atoms with Gasteiger partial charge in [-0.3, -0.25) is 4.79 Å². The van der Waals surface area contributed by atoms with Crippen molar-refractivity contribution >= 4 is 17.9 Å². The van der Waals surface area contributed by atoms with E-state index in [0.717, 1.165) is 0 Å². The Bertz CT molecular complexity index is 563. The number of benzene rings is 2. The number of hydrogen-bond acceptors (Lipinski definition) is 3. The highest BCUT2D eigenvalue weighted by molar-refractivity contribution is 6.30. The third-order valence-corrected chi connectivity index (χ3v) is 3.24. The highest BCUT2D eigenvalue weighted by Gasteiger charge is 2.31. The summed E-state index contributed by atoms with van der Waals surface area (Å²) in [7, 11) is 1.56. The van der Waals surface area contributed by atoms with E-state index in [1.54, 1.807) is 55.6 Å². The molecule has 2 rings (SSSR count). The molecule has 0 aromatic heterocycles. The zero-order valence-electron chi connectivity index (χ0n) is 10.3. The van der Waals surface area contributed by atoms with E-state index in [4.69, 9.17) is 16.3 Å². The smallest absolute Gasteiger partial charge is 0.170 e. The second kappa shape index (κ2) is 5.43. The molecule has 0 aliphatic heterocycles. The minimum atomic E-state index is -1.68. The number of aliphatic hydroxyl groups is 1. The molecule has 0 aliphatic carbocycles. The topological polar surface area (TPSA) is 46.5 Å². The first-order valence-electron chi connectivity index (χ1n) is 5.69. The van der Waals surface area contributed by atoms with Gasteiger partial charge in [-0.15, -0.1) is 0 Å². The van der Waals surface area contributed by atoms with Gasteiger partial charge in [0.25, 0.3) is 0 Å². The summed E-state index contributed by atoms with van der Waals surface area (Å²) in [6, 6.07) is 13.2. The van der Waals surface area contributed by atoms with E-state index < -0.39 is 5.60 Å². The van der Waals surface area contributed by atoms with Crippen molar-refractivity contribution in [3.8, 4) is 5.75 Å². The van der Waals surface area contributed by atoms with Crippen LogP contribution in [0.25, 0.3) is 0 Å². The molecular formula is C15H13ClO3. The summed E-state index contributed by atoms with van der Waals surface area (Å²) in [6.45, 7) is 0. The number of aldehydes is 1. The number of methoxy groups -OCH3 is 1. The van der Waals surface area contributed by atoms with Gasteiger partial charge in [0.1, 0.15) is 5.75 Å². The number of hydrogen-bond donors (Lipinski definition) is 1. The van der Waals surface area contributed by atoms with E-state index in [9.17, 15) is 9.90 Å². The Morgan fingerprint density at radius 2 is 1.53 bits per heavy atom. The summed E-state index contributed by atoms with van der Waals surface area (Å²) >= 11 is 5.80. The third kappa shape index (κ3) is 2.62. The Morgan fingerprint density at radius 1 is 1.05 bits per heavy atom. The van der Waals surface area contributed by atoms with E-state index in [1.807, 2.05) is 0 Å². The normalized spacial score (nSPS) is 13.6. The Balaban J connectivity index is 2.46. The van der Waals surface area contributed by atoms with Crippen LogP contribution in [0, 0.1) is 0 Å². The lowest BCUT2D eigenvalue weighted by Crippen LogP contribution is -2.28. The van der Waals surface area contributed by atoms with Gasteiger partial charge in [-0.25, -0.2) is 0 Å². The predicted octanol–water partition coefficient (Wildman–Crippen LogP) is 2.78. The molecule has 0 saturated heterocycles. The van der Waals surface area contributed by atoms with Gasteiger partial charge in [-0.2, -0.15) is 0 Å². The fourth-order valence-corrected chi connectivity index (χ4v) is 1.98. The maximum Gasteiger partial charge on any atom is 0.170 e. The first kappa shape index (κ1) is 13.6. The Hall–Kier alpha value is -1.84. The zero-order chi connectivity index (χ0) is 13.9. The molecule has 0 heterocycles. The van der Waals surface area contributed by atoms with Crippen LogP contribution in [0.1, 0.15) is 11.1 Å². The number of carbonyl (C=O) groups excluding carboxylic acids is 1. The van der Waals surface area contributed by atoms with Crippen LogP contribution in [0.5, 0.6) is 5.75 Å². The van der Waals surface area contributed by atoms with E-state index >= 15 is 0 Å². The SMILES string of the molecule is COc1ccc(C(O)(C=O)c2ccc(Cl)cc2)cc1. The van der Waals surface area contributed by atoms with E-state index in [1.165, 1.54) is 0 Å². The lowest BCUT2D eigenvalue weighted by atomic mass is 9.88. The highest BCUT2D eigenvalue weighted by atomic mass is 35.5. The minimum absolute atomic E-state index is 0.470. The fourth-order valence-electron chi connectivity index (χ4n) is 1.85. The molecule has 0 saturated carbocycles. The van der Waals surface area contributed by atoms with Crippen LogP contribution in [-0.4, -0.2) is 18.5 Å². The molecule has 1 atom stereocenters. The van der Waals surface area contributed by atoms with Crippen molar-refractivity contribution in [3.05, 3.63) is 64.7 Å². The molecule has 0 bridgehead atoms. The Kier molecular flexibility index (Phi) is 3.88. The van der Waals surface area contributed by atoms with Gasteiger partial charge in [-0.1, -0.05) is 35.9 Å². The zero-order valence-corrected chi connectivity index (χ0v) is 11.1. The van der Waals surface area contributed by atoms with Crippen molar-refractivity contribution < 1.29 is 14.6 Å². The van der Waals surface area contributed by atoms with E-state index in [0.29, 0.717) is 28.2 Å². The maximum absolute atomic E-state index is 11.4. The first-order valence-corrected chi connectivity index (χ1v) is 6.07. The van der Waals surface area contributed by atoms with Gasteiger partial charge < -0.3 is 9.84 Å². The van der Waals surface area contributed by atoms with Gasteiger partial charge in [-0.05, 0) is 35.4 Å². The first-order chi connectivity index (χ1) is 9.10. The number of ether oxygens (including phenoxy) is 1. The number of rotatable bonds is 4. The fraction of sp³-hybridized carbons (Fsp3) is 0.133. The summed E-state index contributed by atoms with van der Waals surface area (Å²) in [5.74, 6) is 0.660. The largest absolute Gasteiger partial charge is 0.497 e. The third-order valence-electron chi connectivity index (χ3n) is 2.99. The molecule has 4 heteroatoms. The van der Waals surface area contributed by atoms with Gasteiger partial charge >= 0.3 is 0 Å². The summed E-state index contributed by atoms with van der Waals surface area (Å²) in [5.41, 5.74) is -0.737. The van der Waals surface area contributed by atoms with Crippen LogP contribution in [0.15, 0.2) is 48.5 Å². The van der Waals surface area contributed by atoms with Crippen LogP contribution < -0.4 is 4.74 Å². The second-order valence-corrected chi connectivity index (χ2v) is 4.56. The van der Waals surface area contributed by atoms with E-state index in [2.05, 4.69) is 0 Å². The average Bonchev–Trinajstić information content (AvgIpc) is 2.47.